The van der Waals surface area contributed by atoms with Crippen molar-refractivity contribution in [1.82, 2.24) is 15.0 Å². The molecule has 0 radical (unpaired) electrons. The van der Waals surface area contributed by atoms with Crippen LogP contribution in [0, 0.1) is 6.92 Å². The van der Waals surface area contributed by atoms with E-state index in [1.807, 2.05) is 18.2 Å². The van der Waals surface area contributed by atoms with Gasteiger partial charge in [0.15, 0.2) is 5.58 Å². The van der Waals surface area contributed by atoms with Gasteiger partial charge in [0.05, 0.1) is 11.0 Å². The van der Waals surface area contributed by atoms with Gasteiger partial charge in [-0.1, -0.05) is 17.7 Å². The lowest BCUT2D eigenvalue weighted by atomic mass is 9.96. The number of halogens is 1. The molecular weight excluding hydrogens is 348 g/mol. The maximum Gasteiger partial charge on any atom is 0.298 e. The molecular formula is C20H19ClN4O. The second-order valence-electron chi connectivity index (χ2n) is 7.01. The molecule has 26 heavy (non-hydrogen) atoms. The summed E-state index contributed by atoms with van der Waals surface area (Å²) in [5.74, 6) is 1.53. The Morgan fingerprint density at radius 3 is 2.77 bits per heavy atom. The summed E-state index contributed by atoms with van der Waals surface area (Å²) in [6, 6.07) is 12.6. The molecule has 3 heterocycles. The monoisotopic (exact) mass is 366 g/mol. The Labute approximate surface area is 156 Å². The first-order chi connectivity index (χ1) is 12.7. The predicted molar refractivity (Wildman–Crippen MR) is 104 cm³/mol. The summed E-state index contributed by atoms with van der Waals surface area (Å²) in [6.45, 7) is 3.91. The predicted octanol–water partition coefficient (Wildman–Crippen LogP) is 5.05. The van der Waals surface area contributed by atoms with Gasteiger partial charge in [0.2, 0.25) is 0 Å². The number of H-pyrrole nitrogens is 1. The van der Waals surface area contributed by atoms with E-state index in [9.17, 15) is 0 Å². The molecule has 1 aliphatic rings. The van der Waals surface area contributed by atoms with Crippen molar-refractivity contribution in [1.29, 1.82) is 0 Å². The number of hydrogen-bond acceptors (Lipinski definition) is 4. The van der Waals surface area contributed by atoms with Crippen LogP contribution >= 0.6 is 11.6 Å². The Bertz CT molecular complexity index is 1000. The van der Waals surface area contributed by atoms with Gasteiger partial charge in [-0.2, -0.15) is 4.98 Å². The second kappa shape index (κ2) is 6.02. The van der Waals surface area contributed by atoms with Gasteiger partial charge >= 0.3 is 0 Å². The minimum Gasteiger partial charge on any atom is -0.423 e. The minimum atomic E-state index is 0.442. The molecule has 5 rings (SSSR count). The standard InChI is InChI=1S/C20H19ClN4O/c1-12-2-4-15-16(10-12)23-19(22-15)13-6-8-25(9-7-13)20-24-17-11-14(21)3-5-18(17)26-20/h2-5,10-11,13H,6-9H2,1H3,(H,22,23). The summed E-state index contributed by atoms with van der Waals surface area (Å²) in [5.41, 5.74) is 5.00. The third kappa shape index (κ3) is 2.72. The first kappa shape index (κ1) is 15.7. The molecule has 5 nitrogen and oxygen atoms in total. The Balaban J connectivity index is 1.34. The zero-order valence-electron chi connectivity index (χ0n) is 14.5. The summed E-state index contributed by atoms with van der Waals surface area (Å²) in [4.78, 5) is 15.1. The number of anilines is 1. The number of fused-ring (bicyclic) bond motifs is 2. The summed E-state index contributed by atoms with van der Waals surface area (Å²) in [7, 11) is 0. The highest BCUT2D eigenvalue weighted by Crippen LogP contribution is 2.31. The summed E-state index contributed by atoms with van der Waals surface area (Å²) in [5, 5.41) is 0.677. The van der Waals surface area contributed by atoms with Gasteiger partial charge < -0.3 is 14.3 Å². The Kier molecular flexibility index (Phi) is 3.64. The molecule has 1 fully saturated rings. The lowest BCUT2D eigenvalue weighted by Gasteiger charge is -2.29. The van der Waals surface area contributed by atoms with E-state index in [-0.39, 0.29) is 0 Å². The van der Waals surface area contributed by atoms with Gasteiger partial charge in [-0.15, -0.1) is 0 Å². The van der Waals surface area contributed by atoms with Crippen LogP contribution in [0.3, 0.4) is 0 Å². The van der Waals surface area contributed by atoms with E-state index in [1.165, 1.54) is 5.56 Å². The van der Waals surface area contributed by atoms with Crippen molar-refractivity contribution in [3.8, 4) is 0 Å². The fourth-order valence-electron chi connectivity index (χ4n) is 3.70. The van der Waals surface area contributed by atoms with Gasteiger partial charge in [0.25, 0.3) is 6.01 Å². The van der Waals surface area contributed by atoms with Gasteiger partial charge in [-0.3, -0.25) is 0 Å². The Morgan fingerprint density at radius 2 is 1.92 bits per heavy atom. The van der Waals surface area contributed by atoms with Gasteiger partial charge in [0.1, 0.15) is 11.3 Å². The zero-order chi connectivity index (χ0) is 17.7. The topological polar surface area (TPSA) is 58.0 Å². The first-order valence-corrected chi connectivity index (χ1v) is 9.31. The van der Waals surface area contributed by atoms with E-state index in [0.717, 1.165) is 53.9 Å². The van der Waals surface area contributed by atoms with Gasteiger partial charge in [-0.25, -0.2) is 4.98 Å². The van der Waals surface area contributed by atoms with Crippen molar-refractivity contribution in [2.45, 2.75) is 25.7 Å². The van der Waals surface area contributed by atoms with E-state index >= 15 is 0 Å². The van der Waals surface area contributed by atoms with E-state index in [2.05, 4.69) is 40.0 Å². The molecule has 0 bridgehead atoms. The molecule has 1 saturated heterocycles. The zero-order valence-corrected chi connectivity index (χ0v) is 15.3. The van der Waals surface area contributed by atoms with Crippen molar-refractivity contribution in [2.75, 3.05) is 18.0 Å². The molecule has 1 aliphatic heterocycles. The van der Waals surface area contributed by atoms with Crippen LogP contribution in [0.5, 0.6) is 0 Å². The second-order valence-corrected chi connectivity index (χ2v) is 7.45. The molecule has 2 aromatic heterocycles. The smallest absolute Gasteiger partial charge is 0.298 e. The quantitative estimate of drug-likeness (QED) is 0.539. The molecule has 4 aromatic rings. The number of oxazole rings is 1. The first-order valence-electron chi connectivity index (χ1n) is 8.93. The number of hydrogen-bond donors (Lipinski definition) is 1. The molecule has 2 aromatic carbocycles. The van der Waals surface area contributed by atoms with E-state index in [1.54, 1.807) is 0 Å². The number of nitrogens with one attached hydrogen (secondary N) is 1. The fourth-order valence-corrected chi connectivity index (χ4v) is 3.87. The highest BCUT2D eigenvalue weighted by atomic mass is 35.5. The van der Waals surface area contributed by atoms with Crippen LogP contribution in [0.1, 0.15) is 30.1 Å². The molecule has 1 N–H and O–H groups in total. The van der Waals surface area contributed by atoms with Crippen LogP contribution < -0.4 is 4.90 Å². The van der Waals surface area contributed by atoms with Crippen molar-refractivity contribution >= 4 is 39.7 Å². The van der Waals surface area contributed by atoms with E-state index in [0.29, 0.717) is 17.0 Å². The maximum atomic E-state index is 6.04. The van der Waals surface area contributed by atoms with Gasteiger partial charge in [0, 0.05) is 24.0 Å². The molecule has 0 unspecified atom stereocenters. The highest BCUT2D eigenvalue weighted by molar-refractivity contribution is 6.31. The average molecular weight is 367 g/mol. The normalized spacial score (nSPS) is 16.0. The molecule has 6 heteroatoms. The molecule has 0 saturated carbocycles. The highest BCUT2D eigenvalue weighted by Gasteiger charge is 2.25. The largest absolute Gasteiger partial charge is 0.423 e. The number of aromatic nitrogens is 3. The summed E-state index contributed by atoms with van der Waals surface area (Å²) >= 11 is 6.04. The molecule has 0 aliphatic carbocycles. The van der Waals surface area contributed by atoms with Crippen LogP contribution in [0.2, 0.25) is 5.02 Å². The summed E-state index contributed by atoms with van der Waals surface area (Å²) < 4.78 is 5.90. The van der Waals surface area contributed by atoms with E-state index in [4.69, 9.17) is 21.0 Å². The Hall–Kier alpha value is -2.53. The van der Waals surface area contributed by atoms with Crippen LogP contribution in [-0.2, 0) is 0 Å². The number of benzene rings is 2. The molecule has 0 atom stereocenters. The Morgan fingerprint density at radius 1 is 1.08 bits per heavy atom. The van der Waals surface area contributed by atoms with Crippen LogP contribution in [0.15, 0.2) is 40.8 Å². The number of nitrogens with zero attached hydrogens (tertiary/aromatic N) is 3. The van der Waals surface area contributed by atoms with Crippen LogP contribution in [0.4, 0.5) is 6.01 Å². The molecule has 0 amide bonds. The number of aromatic amines is 1. The van der Waals surface area contributed by atoms with Crippen molar-refractivity contribution < 1.29 is 4.42 Å². The molecule has 0 spiro atoms. The van der Waals surface area contributed by atoms with E-state index < -0.39 is 0 Å². The number of piperidine rings is 1. The average Bonchev–Trinajstić information content (AvgIpc) is 3.25. The minimum absolute atomic E-state index is 0.442. The lowest BCUT2D eigenvalue weighted by molar-refractivity contribution is 0.457. The third-order valence-corrected chi connectivity index (χ3v) is 5.38. The maximum absolute atomic E-state index is 6.04. The lowest BCUT2D eigenvalue weighted by Crippen LogP contribution is -2.33. The van der Waals surface area contributed by atoms with Crippen molar-refractivity contribution in [3.05, 3.63) is 52.8 Å². The summed E-state index contributed by atoms with van der Waals surface area (Å²) in [6.07, 6.45) is 2.05. The number of rotatable bonds is 2. The van der Waals surface area contributed by atoms with Crippen molar-refractivity contribution in [2.24, 2.45) is 0 Å². The van der Waals surface area contributed by atoms with Crippen molar-refractivity contribution in [3.63, 3.8) is 0 Å². The molecule has 132 valence electrons. The third-order valence-electron chi connectivity index (χ3n) is 5.15. The fraction of sp³-hybridized carbons (Fsp3) is 0.300. The van der Waals surface area contributed by atoms with Crippen LogP contribution in [-0.4, -0.2) is 28.0 Å². The van der Waals surface area contributed by atoms with Gasteiger partial charge in [-0.05, 0) is 55.7 Å². The SMILES string of the molecule is Cc1ccc2nc(C3CCN(c4nc5cc(Cl)ccc5o4)CC3)[nH]c2c1. The van der Waals surface area contributed by atoms with Crippen LogP contribution in [0.25, 0.3) is 22.1 Å². The number of imidazole rings is 1. The number of aryl methyl sites for hydroxylation is 1.